The molecule has 1 aromatic heterocycles. The molecule has 0 radical (unpaired) electrons. The lowest BCUT2D eigenvalue weighted by Crippen LogP contribution is -2.47. The predicted octanol–water partition coefficient (Wildman–Crippen LogP) is 3.11. The first-order valence-electron chi connectivity index (χ1n) is 8.10. The van der Waals surface area contributed by atoms with Gasteiger partial charge in [0.15, 0.2) is 0 Å². The highest BCUT2D eigenvalue weighted by atomic mass is 32.1. The Balaban J connectivity index is 1.47. The van der Waals surface area contributed by atoms with E-state index in [-0.39, 0.29) is 5.91 Å². The summed E-state index contributed by atoms with van der Waals surface area (Å²) in [6.45, 7) is 4.29. The molecule has 0 aliphatic carbocycles. The first kappa shape index (κ1) is 16.7. The maximum Gasteiger partial charge on any atom is 0.246 e. The summed E-state index contributed by atoms with van der Waals surface area (Å²) in [7, 11) is 1.68. The number of nitrogens with zero attached hydrogens (tertiary/aromatic N) is 2. The van der Waals surface area contributed by atoms with E-state index in [2.05, 4.69) is 17.0 Å². The van der Waals surface area contributed by atoms with E-state index in [1.54, 1.807) is 24.5 Å². The first-order valence-corrected chi connectivity index (χ1v) is 8.98. The fourth-order valence-corrected chi connectivity index (χ4v) is 3.38. The van der Waals surface area contributed by atoms with Crippen molar-refractivity contribution in [3.05, 3.63) is 58.3 Å². The van der Waals surface area contributed by atoms with Gasteiger partial charge in [-0.1, -0.05) is 18.2 Å². The average Bonchev–Trinajstić information content (AvgIpc) is 3.14. The van der Waals surface area contributed by atoms with E-state index in [0.717, 1.165) is 43.4 Å². The third-order valence-electron chi connectivity index (χ3n) is 4.18. The zero-order chi connectivity index (χ0) is 16.8. The van der Waals surface area contributed by atoms with Gasteiger partial charge in [0.1, 0.15) is 5.75 Å². The van der Waals surface area contributed by atoms with Gasteiger partial charge in [0.05, 0.1) is 7.11 Å². The Hall–Kier alpha value is -2.11. The molecule has 126 valence electrons. The van der Waals surface area contributed by atoms with Crippen LogP contribution >= 0.6 is 11.3 Å². The van der Waals surface area contributed by atoms with Gasteiger partial charge in [0, 0.05) is 43.7 Å². The maximum atomic E-state index is 12.2. The van der Waals surface area contributed by atoms with E-state index in [1.807, 2.05) is 40.6 Å². The minimum Gasteiger partial charge on any atom is -0.497 e. The second-order valence-corrected chi connectivity index (χ2v) is 6.78. The summed E-state index contributed by atoms with van der Waals surface area (Å²) in [5.74, 6) is 0.985. The summed E-state index contributed by atoms with van der Waals surface area (Å²) in [6.07, 6.45) is 3.59. The van der Waals surface area contributed by atoms with Crippen molar-refractivity contribution in [3.63, 3.8) is 0 Å². The van der Waals surface area contributed by atoms with Gasteiger partial charge in [0.25, 0.3) is 0 Å². The van der Waals surface area contributed by atoms with Crippen molar-refractivity contribution in [3.8, 4) is 5.75 Å². The van der Waals surface area contributed by atoms with Crippen molar-refractivity contribution in [2.75, 3.05) is 33.3 Å². The Labute approximate surface area is 147 Å². The summed E-state index contributed by atoms with van der Waals surface area (Å²) >= 11 is 1.64. The topological polar surface area (TPSA) is 32.8 Å². The van der Waals surface area contributed by atoms with E-state index >= 15 is 0 Å². The molecule has 0 bridgehead atoms. The van der Waals surface area contributed by atoms with Crippen LogP contribution in [0.15, 0.2) is 47.9 Å². The molecular weight excluding hydrogens is 320 g/mol. The molecule has 1 fully saturated rings. The minimum atomic E-state index is 0.104. The Morgan fingerprint density at radius 1 is 1.17 bits per heavy atom. The van der Waals surface area contributed by atoms with Crippen LogP contribution in [0, 0.1) is 0 Å². The lowest BCUT2D eigenvalue weighted by Gasteiger charge is -2.34. The van der Waals surface area contributed by atoms with E-state index in [4.69, 9.17) is 4.74 Å². The zero-order valence-electron chi connectivity index (χ0n) is 13.9. The van der Waals surface area contributed by atoms with Crippen LogP contribution in [0.2, 0.25) is 0 Å². The normalized spacial score (nSPS) is 15.8. The Morgan fingerprint density at radius 2 is 1.92 bits per heavy atom. The molecule has 5 heteroatoms. The molecule has 1 aliphatic heterocycles. The van der Waals surface area contributed by atoms with Gasteiger partial charge in [-0.3, -0.25) is 9.69 Å². The predicted molar refractivity (Wildman–Crippen MR) is 98.2 cm³/mol. The standard InChI is InChI=1S/C19H22N2O2S/c1-23-17-6-4-16(5-7-17)15-20-10-12-21(13-11-20)19(22)9-8-18-3-2-14-24-18/h2-9,14H,10-13,15H2,1H3/b9-8+. The number of carbonyl (C=O) groups is 1. The van der Waals surface area contributed by atoms with Crippen molar-refractivity contribution < 1.29 is 9.53 Å². The number of hydrogen-bond donors (Lipinski definition) is 0. The molecule has 3 rings (SSSR count). The van der Waals surface area contributed by atoms with Gasteiger partial charge in [-0.15, -0.1) is 11.3 Å². The quantitative estimate of drug-likeness (QED) is 0.783. The number of thiophene rings is 1. The van der Waals surface area contributed by atoms with Crippen LogP contribution in [0.4, 0.5) is 0 Å². The number of rotatable bonds is 5. The van der Waals surface area contributed by atoms with Crippen molar-refractivity contribution >= 4 is 23.3 Å². The molecule has 4 nitrogen and oxygen atoms in total. The third-order valence-corrected chi connectivity index (χ3v) is 5.02. The molecular formula is C19H22N2O2S. The molecule has 1 aliphatic rings. The molecule has 0 saturated carbocycles. The number of ether oxygens (including phenoxy) is 1. The van der Waals surface area contributed by atoms with Crippen molar-refractivity contribution in [2.45, 2.75) is 6.54 Å². The number of carbonyl (C=O) groups excluding carboxylic acids is 1. The summed E-state index contributed by atoms with van der Waals surface area (Å²) in [5.41, 5.74) is 1.27. The van der Waals surface area contributed by atoms with Crippen LogP contribution < -0.4 is 4.74 Å². The number of hydrogen-bond acceptors (Lipinski definition) is 4. The molecule has 0 N–H and O–H groups in total. The molecule has 1 saturated heterocycles. The lowest BCUT2D eigenvalue weighted by atomic mass is 10.2. The summed E-state index contributed by atoms with van der Waals surface area (Å²) in [6, 6.07) is 12.2. The lowest BCUT2D eigenvalue weighted by molar-refractivity contribution is -0.127. The first-order chi connectivity index (χ1) is 11.7. The molecule has 1 amide bonds. The highest BCUT2D eigenvalue weighted by Crippen LogP contribution is 2.15. The van der Waals surface area contributed by atoms with E-state index < -0.39 is 0 Å². The smallest absolute Gasteiger partial charge is 0.246 e. The molecule has 0 spiro atoms. The average molecular weight is 342 g/mol. The minimum absolute atomic E-state index is 0.104. The van der Waals surface area contributed by atoms with Crippen LogP contribution in [-0.4, -0.2) is 49.0 Å². The second-order valence-electron chi connectivity index (χ2n) is 5.80. The van der Waals surface area contributed by atoms with Crippen LogP contribution in [-0.2, 0) is 11.3 Å². The van der Waals surface area contributed by atoms with Gasteiger partial charge in [-0.05, 0) is 35.2 Å². The second kappa shape index (κ2) is 8.13. The number of piperazine rings is 1. The maximum absolute atomic E-state index is 12.2. The third kappa shape index (κ3) is 4.46. The van der Waals surface area contributed by atoms with Crippen LogP contribution in [0.25, 0.3) is 6.08 Å². The van der Waals surface area contributed by atoms with E-state index in [0.29, 0.717) is 0 Å². The SMILES string of the molecule is COc1ccc(CN2CCN(C(=O)/C=C/c3cccs3)CC2)cc1. The number of methoxy groups -OCH3 is 1. The van der Waals surface area contributed by atoms with Gasteiger partial charge in [-0.2, -0.15) is 0 Å². The van der Waals surface area contributed by atoms with E-state index in [9.17, 15) is 4.79 Å². The highest BCUT2D eigenvalue weighted by molar-refractivity contribution is 7.10. The molecule has 2 heterocycles. The van der Waals surface area contributed by atoms with Crippen LogP contribution in [0.1, 0.15) is 10.4 Å². The van der Waals surface area contributed by atoms with Crippen LogP contribution in [0.5, 0.6) is 5.75 Å². The van der Waals surface area contributed by atoms with Crippen molar-refractivity contribution in [2.24, 2.45) is 0 Å². The largest absolute Gasteiger partial charge is 0.497 e. The van der Waals surface area contributed by atoms with Gasteiger partial charge in [0.2, 0.25) is 5.91 Å². The number of benzene rings is 1. The van der Waals surface area contributed by atoms with Crippen molar-refractivity contribution in [1.82, 2.24) is 9.80 Å². The van der Waals surface area contributed by atoms with Gasteiger partial charge < -0.3 is 9.64 Å². The Morgan fingerprint density at radius 3 is 2.54 bits per heavy atom. The fourth-order valence-electron chi connectivity index (χ4n) is 2.76. The van der Waals surface area contributed by atoms with Gasteiger partial charge >= 0.3 is 0 Å². The van der Waals surface area contributed by atoms with Gasteiger partial charge in [-0.25, -0.2) is 0 Å². The number of amides is 1. The van der Waals surface area contributed by atoms with E-state index in [1.165, 1.54) is 5.56 Å². The highest BCUT2D eigenvalue weighted by Gasteiger charge is 2.19. The monoisotopic (exact) mass is 342 g/mol. The molecule has 24 heavy (non-hydrogen) atoms. The molecule has 0 unspecified atom stereocenters. The van der Waals surface area contributed by atoms with Crippen LogP contribution in [0.3, 0.4) is 0 Å². The molecule has 2 aromatic rings. The molecule has 0 atom stereocenters. The summed E-state index contributed by atoms with van der Waals surface area (Å²) < 4.78 is 5.19. The molecule has 1 aromatic carbocycles. The zero-order valence-corrected chi connectivity index (χ0v) is 14.7. The Kier molecular flexibility index (Phi) is 5.67. The van der Waals surface area contributed by atoms with Crippen molar-refractivity contribution in [1.29, 1.82) is 0 Å². The Bertz CT molecular complexity index is 672. The summed E-state index contributed by atoms with van der Waals surface area (Å²) in [4.78, 5) is 17.7. The summed E-state index contributed by atoms with van der Waals surface area (Å²) in [5, 5.41) is 2.02. The fraction of sp³-hybridized carbons (Fsp3) is 0.316.